The van der Waals surface area contributed by atoms with Crippen LogP contribution in [-0.2, 0) is 4.79 Å². The van der Waals surface area contributed by atoms with Crippen LogP contribution in [0.5, 0.6) is 0 Å². The minimum absolute atomic E-state index is 0.182. The van der Waals surface area contributed by atoms with Crippen LogP contribution in [-0.4, -0.2) is 27.1 Å². The Hall–Kier alpha value is -1.60. The van der Waals surface area contributed by atoms with E-state index in [4.69, 9.17) is 5.11 Å². The average molecular weight is 328 g/mol. The van der Waals surface area contributed by atoms with E-state index in [1.165, 1.54) is 0 Å². The molecule has 2 aromatic rings. The largest absolute Gasteiger partial charge is 0.393 e. The summed E-state index contributed by atoms with van der Waals surface area (Å²) in [6, 6.07) is 3.40. The number of benzene rings is 1. The van der Waals surface area contributed by atoms with Crippen molar-refractivity contribution in [2.24, 2.45) is 0 Å². The first-order valence-corrected chi connectivity index (χ1v) is 6.64. The van der Waals surface area contributed by atoms with Crippen LogP contribution in [0.15, 0.2) is 21.4 Å². The van der Waals surface area contributed by atoms with Crippen LogP contribution in [0.2, 0.25) is 0 Å². The fourth-order valence-corrected chi connectivity index (χ4v) is 2.15. The number of aliphatic hydroxyl groups excluding tert-OH is 1. The zero-order chi connectivity index (χ0) is 14.0. The molecule has 2 rings (SSSR count). The fourth-order valence-electron chi connectivity index (χ4n) is 1.70. The Bertz CT molecular complexity index is 660. The number of hydrogen-bond donors (Lipinski definition) is 4. The second kappa shape index (κ2) is 5.58. The number of amides is 1. The van der Waals surface area contributed by atoms with Gasteiger partial charge in [0, 0.05) is 10.9 Å². The Morgan fingerprint density at radius 1 is 1.42 bits per heavy atom. The van der Waals surface area contributed by atoms with Gasteiger partial charge in [-0.1, -0.05) is 0 Å². The van der Waals surface area contributed by atoms with Gasteiger partial charge in [-0.25, -0.2) is 4.79 Å². The number of carbonyl (C=O) groups is 1. The van der Waals surface area contributed by atoms with Gasteiger partial charge >= 0.3 is 5.69 Å². The van der Waals surface area contributed by atoms with E-state index in [-0.39, 0.29) is 18.0 Å². The third kappa shape index (κ3) is 3.45. The maximum atomic E-state index is 11.7. The maximum Gasteiger partial charge on any atom is 0.323 e. The number of halogens is 1. The number of hydrogen-bond acceptors (Lipinski definition) is 3. The number of anilines is 1. The molecule has 0 radical (unpaired) electrons. The molecule has 0 aliphatic rings. The number of imidazole rings is 1. The van der Waals surface area contributed by atoms with Gasteiger partial charge < -0.3 is 20.4 Å². The van der Waals surface area contributed by atoms with Gasteiger partial charge in [0.05, 0.1) is 22.8 Å². The molecule has 6 nitrogen and oxygen atoms in total. The topological polar surface area (TPSA) is 98.0 Å². The van der Waals surface area contributed by atoms with E-state index in [9.17, 15) is 9.59 Å². The zero-order valence-corrected chi connectivity index (χ0v) is 11.9. The molecule has 0 aliphatic carbocycles. The molecular formula is C12H14BrN3O3. The van der Waals surface area contributed by atoms with Crippen LogP contribution in [0.4, 0.5) is 5.69 Å². The van der Waals surface area contributed by atoms with E-state index in [1.807, 2.05) is 0 Å². The lowest BCUT2D eigenvalue weighted by molar-refractivity contribution is -0.116. The Balaban J connectivity index is 2.18. The molecule has 0 fully saturated rings. The molecule has 19 heavy (non-hydrogen) atoms. The quantitative estimate of drug-likeness (QED) is 0.688. The first kappa shape index (κ1) is 13.8. The summed E-state index contributed by atoms with van der Waals surface area (Å²) < 4.78 is 0.681. The van der Waals surface area contributed by atoms with Crippen molar-refractivity contribution in [1.29, 1.82) is 0 Å². The Kier molecular flexibility index (Phi) is 4.06. The van der Waals surface area contributed by atoms with Crippen LogP contribution < -0.4 is 11.0 Å². The van der Waals surface area contributed by atoms with E-state index in [0.717, 1.165) is 0 Å². The van der Waals surface area contributed by atoms with Crippen molar-refractivity contribution >= 4 is 38.6 Å². The molecule has 0 aliphatic heterocycles. The predicted octanol–water partition coefficient (Wildman–Crippen LogP) is 1.72. The minimum Gasteiger partial charge on any atom is -0.393 e. The molecule has 7 heteroatoms. The lowest BCUT2D eigenvalue weighted by atomic mass is 10.2. The van der Waals surface area contributed by atoms with Gasteiger partial charge in [0.2, 0.25) is 5.91 Å². The highest BCUT2D eigenvalue weighted by Gasteiger charge is 2.09. The highest BCUT2D eigenvalue weighted by atomic mass is 79.9. The van der Waals surface area contributed by atoms with Crippen molar-refractivity contribution < 1.29 is 9.90 Å². The summed E-state index contributed by atoms with van der Waals surface area (Å²) in [4.78, 5) is 28.1. The molecule has 102 valence electrons. The highest BCUT2D eigenvalue weighted by molar-refractivity contribution is 9.10. The zero-order valence-electron chi connectivity index (χ0n) is 10.3. The summed E-state index contributed by atoms with van der Waals surface area (Å²) in [6.45, 7) is 1.64. The number of aromatic nitrogens is 2. The summed E-state index contributed by atoms with van der Waals surface area (Å²) in [5.41, 5.74) is 1.58. The highest BCUT2D eigenvalue weighted by Crippen LogP contribution is 2.26. The lowest BCUT2D eigenvalue weighted by Crippen LogP contribution is -2.14. The van der Waals surface area contributed by atoms with Gasteiger partial charge in [0.1, 0.15) is 0 Å². The number of aliphatic hydroxyl groups is 1. The fraction of sp³-hybridized carbons (Fsp3) is 0.333. The first-order valence-electron chi connectivity index (χ1n) is 5.85. The number of fused-ring (bicyclic) bond motifs is 1. The number of aromatic amines is 2. The molecule has 0 saturated carbocycles. The molecule has 1 amide bonds. The number of rotatable bonds is 4. The number of nitrogens with one attached hydrogen (secondary N) is 3. The number of carbonyl (C=O) groups excluding carboxylic acids is 1. The van der Waals surface area contributed by atoms with Crippen LogP contribution >= 0.6 is 15.9 Å². The Morgan fingerprint density at radius 3 is 2.68 bits per heavy atom. The molecular weight excluding hydrogens is 314 g/mol. The van der Waals surface area contributed by atoms with E-state index < -0.39 is 6.10 Å². The maximum absolute atomic E-state index is 11.7. The molecule has 1 heterocycles. The van der Waals surface area contributed by atoms with Crippen molar-refractivity contribution in [2.45, 2.75) is 25.9 Å². The van der Waals surface area contributed by atoms with Gasteiger partial charge in [-0.15, -0.1) is 0 Å². The summed E-state index contributed by atoms with van der Waals surface area (Å²) in [5.74, 6) is -0.182. The molecule has 1 aromatic heterocycles. The van der Waals surface area contributed by atoms with Crippen LogP contribution in [0, 0.1) is 0 Å². The molecule has 1 unspecified atom stereocenters. The Morgan fingerprint density at radius 2 is 2.05 bits per heavy atom. The third-order valence-electron chi connectivity index (χ3n) is 2.67. The first-order chi connectivity index (χ1) is 8.95. The smallest absolute Gasteiger partial charge is 0.323 e. The van der Waals surface area contributed by atoms with E-state index in [1.54, 1.807) is 19.1 Å². The van der Waals surface area contributed by atoms with Gasteiger partial charge in [-0.3, -0.25) is 4.79 Å². The minimum atomic E-state index is -0.502. The van der Waals surface area contributed by atoms with Crippen molar-refractivity contribution in [3.63, 3.8) is 0 Å². The van der Waals surface area contributed by atoms with E-state index in [0.29, 0.717) is 27.6 Å². The van der Waals surface area contributed by atoms with Crippen LogP contribution in [0.3, 0.4) is 0 Å². The summed E-state index contributed by atoms with van der Waals surface area (Å²) in [5, 5.41) is 11.9. The lowest BCUT2D eigenvalue weighted by Gasteiger charge is -2.08. The predicted molar refractivity (Wildman–Crippen MR) is 76.2 cm³/mol. The van der Waals surface area contributed by atoms with E-state index >= 15 is 0 Å². The molecule has 0 spiro atoms. The SMILES string of the molecule is CC(O)CCC(=O)Nc1cc2[nH]c(=O)[nH]c2cc1Br. The van der Waals surface area contributed by atoms with Gasteiger partial charge in [-0.2, -0.15) is 0 Å². The second-order valence-corrected chi connectivity index (χ2v) is 5.25. The average Bonchev–Trinajstić information content (AvgIpc) is 2.66. The molecule has 0 bridgehead atoms. The van der Waals surface area contributed by atoms with Crippen molar-refractivity contribution in [1.82, 2.24) is 9.97 Å². The monoisotopic (exact) mass is 327 g/mol. The summed E-state index contributed by atoms with van der Waals surface area (Å²) in [7, 11) is 0. The van der Waals surface area contributed by atoms with Crippen molar-refractivity contribution in [3.05, 3.63) is 27.1 Å². The normalized spacial score (nSPS) is 12.6. The standard InChI is InChI=1S/C12H14BrN3O3/c1-6(17)2-3-11(18)14-8-5-10-9(4-7(8)13)15-12(19)16-10/h4-6,17H,2-3H2,1H3,(H,14,18)(H2,15,16,19). The molecule has 1 atom stereocenters. The summed E-state index contributed by atoms with van der Waals surface area (Å²) >= 11 is 3.34. The van der Waals surface area contributed by atoms with Gasteiger partial charge in [0.25, 0.3) is 0 Å². The molecule has 4 N–H and O–H groups in total. The van der Waals surface area contributed by atoms with Crippen LogP contribution in [0.1, 0.15) is 19.8 Å². The van der Waals surface area contributed by atoms with Gasteiger partial charge in [0.15, 0.2) is 0 Å². The van der Waals surface area contributed by atoms with Crippen molar-refractivity contribution in [3.8, 4) is 0 Å². The van der Waals surface area contributed by atoms with E-state index in [2.05, 4.69) is 31.2 Å². The Labute approximate surface area is 117 Å². The van der Waals surface area contributed by atoms with Crippen molar-refractivity contribution in [2.75, 3.05) is 5.32 Å². The molecule has 0 saturated heterocycles. The second-order valence-electron chi connectivity index (χ2n) is 4.39. The molecule has 1 aromatic carbocycles. The summed E-state index contributed by atoms with van der Waals surface area (Å²) in [6.07, 6.45) is 0.149. The third-order valence-corrected chi connectivity index (χ3v) is 3.32. The number of H-pyrrole nitrogens is 2. The van der Waals surface area contributed by atoms with Crippen LogP contribution in [0.25, 0.3) is 11.0 Å². The van der Waals surface area contributed by atoms with Gasteiger partial charge in [-0.05, 0) is 41.4 Å².